The topological polar surface area (TPSA) is 24.4 Å². The van der Waals surface area contributed by atoms with E-state index in [0.29, 0.717) is 12.0 Å². The van der Waals surface area contributed by atoms with E-state index in [1.807, 2.05) is 6.07 Å². The molecule has 0 fully saturated rings. The highest BCUT2D eigenvalue weighted by atomic mass is 19.1. The first-order valence-electron chi connectivity index (χ1n) is 5.83. The number of hydrogen-bond donors (Lipinski definition) is 1. The third-order valence-electron chi connectivity index (χ3n) is 3.52. The van der Waals surface area contributed by atoms with E-state index in [-0.39, 0.29) is 5.82 Å². The van der Waals surface area contributed by atoms with Crippen LogP contribution in [0.15, 0.2) is 23.2 Å². The Labute approximate surface area is 94.6 Å². The first-order valence-corrected chi connectivity index (χ1v) is 5.83. The summed E-state index contributed by atoms with van der Waals surface area (Å²) in [7, 11) is 0. The quantitative estimate of drug-likeness (QED) is 0.806. The standard InChI is InChI=1S/C13H15FN2/c14-12-2-1-10-3-9(4-11(10)6-12)5-13-7-15-8-16-13/h1-2,6,8-9,13H,3-5,7H2,(H,15,16)/t9-,13+/m0/s1. The number of fused-ring (bicyclic) bond motifs is 1. The van der Waals surface area contributed by atoms with Gasteiger partial charge in [0.05, 0.1) is 12.4 Å². The molecule has 1 heterocycles. The highest BCUT2D eigenvalue weighted by molar-refractivity contribution is 5.57. The van der Waals surface area contributed by atoms with Crippen molar-refractivity contribution in [3.05, 3.63) is 35.1 Å². The lowest BCUT2D eigenvalue weighted by atomic mass is 9.97. The lowest BCUT2D eigenvalue weighted by Gasteiger charge is -2.12. The molecule has 0 spiro atoms. The number of nitrogens with one attached hydrogen (secondary N) is 1. The van der Waals surface area contributed by atoms with E-state index >= 15 is 0 Å². The molecule has 1 aromatic rings. The van der Waals surface area contributed by atoms with Gasteiger partial charge < -0.3 is 5.32 Å². The van der Waals surface area contributed by atoms with Gasteiger partial charge in [-0.2, -0.15) is 0 Å². The van der Waals surface area contributed by atoms with E-state index in [4.69, 9.17) is 0 Å². The first kappa shape index (κ1) is 9.82. The summed E-state index contributed by atoms with van der Waals surface area (Å²) in [6, 6.07) is 5.60. The Kier molecular flexibility index (Phi) is 2.39. The summed E-state index contributed by atoms with van der Waals surface area (Å²) in [4.78, 5) is 4.37. The summed E-state index contributed by atoms with van der Waals surface area (Å²) >= 11 is 0. The van der Waals surface area contributed by atoms with Crippen LogP contribution in [0.25, 0.3) is 0 Å². The van der Waals surface area contributed by atoms with Crippen LogP contribution in [0.4, 0.5) is 4.39 Å². The van der Waals surface area contributed by atoms with E-state index < -0.39 is 0 Å². The van der Waals surface area contributed by atoms with Gasteiger partial charge in [-0.3, -0.25) is 4.99 Å². The maximum Gasteiger partial charge on any atom is 0.123 e. The number of rotatable bonds is 2. The van der Waals surface area contributed by atoms with Gasteiger partial charge in [-0.25, -0.2) is 4.39 Å². The molecule has 3 rings (SSSR count). The summed E-state index contributed by atoms with van der Waals surface area (Å²) in [6.45, 7) is 0.960. The Balaban J connectivity index is 1.68. The summed E-state index contributed by atoms with van der Waals surface area (Å²) in [5.41, 5.74) is 2.52. The molecule has 0 saturated carbocycles. The van der Waals surface area contributed by atoms with Crippen LogP contribution in [0.1, 0.15) is 17.5 Å². The largest absolute Gasteiger partial charge is 0.374 e. The van der Waals surface area contributed by atoms with Crippen molar-refractivity contribution >= 4 is 6.34 Å². The maximum absolute atomic E-state index is 13.1. The highest BCUT2D eigenvalue weighted by Crippen LogP contribution is 2.30. The molecule has 2 aliphatic rings. The third kappa shape index (κ3) is 1.82. The van der Waals surface area contributed by atoms with Gasteiger partial charge in [-0.1, -0.05) is 6.07 Å². The van der Waals surface area contributed by atoms with E-state index in [2.05, 4.69) is 10.3 Å². The van der Waals surface area contributed by atoms with Crippen molar-refractivity contribution in [2.75, 3.05) is 6.54 Å². The van der Waals surface area contributed by atoms with Crippen molar-refractivity contribution in [2.24, 2.45) is 10.9 Å². The fourth-order valence-corrected chi connectivity index (χ4v) is 2.77. The second-order valence-electron chi connectivity index (χ2n) is 4.76. The van der Waals surface area contributed by atoms with Gasteiger partial charge >= 0.3 is 0 Å². The summed E-state index contributed by atoms with van der Waals surface area (Å²) < 4.78 is 13.1. The Bertz CT molecular complexity index is 428. The second-order valence-corrected chi connectivity index (χ2v) is 4.76. The van der Waals surface area contributed by atoms with Crippen LogP contribution in [0.2, 0.25) is 0 Å². The Morgan fingerprint density at radius 1 is 1.31 bits per heavy atom. The van der Waals surface area contributed by atoms with Crippen molar-refractivity contribution < 1.29 is 4.39 Å². The van der Waals surface area contributed by atoms with Crippen molar-refractivity contribution in [3.8, 4) is 0 Å². The fraction of sp³-hybridized carbons (Fsp3) is 0.462. The molecule has 1 aromatic carbocycles. The fourth-order valence-electron chi connectivity index (χ4n) is 2.77. The lowest BCUT2D eigenvalue weighted by Crippen LogP contribution is -2.19. The molecule has 0 bridgehead atoms. The lowest BCUT2D eigenvalue weighted by molar-refractivity contribution is 0.459. The summed E-state index contributed by atoms with van der Waals surface area (Å²) in [6.07, 6.45) is 5.01. The van der Waals surface area contributed by atoms with Crippen LogP contribution in [-0.2, 0) is 12.8 Å². The molecule has 1 aliphatic heterocycles. The number of nitrogens with zero attached hydrogens (tertiary/aromatic N) is 1. The second kappa shape index (κ2) is 3.89. The zero-order chi connectivity index (χ0) is 11.0. The van der Waals surface area contributed by atoms with Gasteiger partial charge in [0.1, 0.15) is 5.82 Å². The normalized spacial score (nSPS) is 26.8. The molecule has 2 atom stereocenters. The maximum atomic E-state index is 13.1. The summed E-state index contributed by atoms with van der Waals surface area (Å²) in [5, 5.41) is 3.12. The summed E-state index contributed by atoms with van der Waals surface area (Å²) in [5.74, 6) is 0.527. The van der Waals surface area contributed by atoms with Crippen molar-refractivity contribution in [3.63, 3.8) is 0 Å². The molecule has 16 heavy (non-hydrogen) atoms. The van der Waals surface area contributed by atoms with E-state index in [1.54, 1.807) is 18.5 Å². The molecule has 0 amide bonds. The SMILES string of the molecule is Fc1ccc2c(c1)C[C@@H](C[C@@H]1CNC=N1)C2. The minimum atomic E-state index is -0.111. The molecule has 0 saturated heterocycles. The van der Waals surface area contributed by atoms with E-state index in [9.17, 15) is 4.39 Å². The van der Waals surface area contributed by atoms with E-state index in [0.717, 1.165) is 25.8 Å². The monoisotopic (exact) mass is 218 g/mol. The third-order valence-corrected chi connectivity index (χ3v) is 3.52. The van der Waals surface area contributed by atoms with Crippen LogP contribution in [0.3, 0.4) is 0 Å². The number of aliphatic imine (C=N–C) groups is 1. The molecule has 0 aromatic heterocycles. The molecular formula is C13H15FN2. The van der Waals surface area contributed by atoms with Crippen molar-refractivity contribution in [1.29, 1.82) is 0 Å². The highest BCUT2D eigenvalue weighted by Gasteiger charge is 2.25. The van der Waals surface area contributed by atoms with Crippen LogP contribution in [-0.4, -0.2) is 18.9 Å². The average Bonchev–Trinajstić information content (AvgIpc) is 2.86. The number of hydrogen-bond acceptors (Lipinski definition) is 2. The predicted molar refractivity (Wildman–Crippen MR) is 62.2 cm³/mol. The first-order chi connectivity index (χ1) is 7.81. The number of benzene rings is 1. The minimum absolute atomic E-state index is 0.111. The molecule has 0 unspecified atom stereocenters. The van der Waals surface area contributed by atoms with Gasteiger partial charge in [0, 0.05) is 6.54 Å². The predicted octanol–water partition coefficient (Wildman–Crippen LogP) is 1.93. The molecule has 84 valence electrons. The van der Waals surface area contributed by atoms with Gasteiger partial charge in [0.2, 0.25) is 0 Å². The molecule has 1 N–H and O–H groups in total. The molecule has 3 heteroatoms. The Morgan fingerprint density at radius 2 is 2.19 bits per heavy atom. The van der Waals surface area contributed by atoms with Gasteiger partial charge in [-0.05, 0) is 48.4 Å². The van der Waals surface area contributed by atoms with Crippen molar-refractivity contribution in [1.82, 2.24) is 5.32 Å². The molecule has 1 aliphatic carbocycles. The van der Waals surface area contributed by atoms with Crippen LogP contribution >= 0.6 is 0 Å². The van der Waals surface area contributed by atoms with Crippen molar-refractivity contribution in [2.45, 2.75) is 25.3 Å². The molecule has 0 radical (unpaired) electrons. The van der Waals surface area contributed by atoms with Gasteiger partial charge in [0.15, 0.2) is 0 Å². The Hall–Kier alpha value is -1.38. The molecular weight excluding hydrogens is 203 g/mol. The zero-order valence-electron chi connectivity index (χ0n) is 9.12. The van der Waals surface area contributed by atoms with E-state index in [1.165, 1.54) is 11.1 Å². The van der Waals surface area contributed by atoms with Crippen LogP contribution < -0.4 is 5.32 Å². The van der Waals surface area contributed by atoms with Crippen LogP contribution in [0.5, 0.6) is 0 Å². The zero-order valence-corrected chi connectivity index (χ0v) is 9.12. The number of halogens is 1. The Morgan fingerprint density at radius 3 is 3.00 bits per heavy atom. The smallest absolute Gasteiger partial charge is 0.123 e. The van der Waals surface area contributed by atoms with Crippen LogP contribution in [0, 0.1) is 11.7 Å². The molecule has 2 nitrogen and oxygen atoms in total. The minimum Gasteiger partial charge on any atom is -0.374 e. The average molecular weight is 218 g/mol. The van der Waals surface area contributed by atoms with Gasteiger partial charge in [0.25, 0.3) is 0 Å². The van der Waals surface area contributed by atoms with Gasteiger partial charge in [-0.15, -0.1) is 0 Å².